The van der Waals surface area contributed by atoms with Gasteiger partial charge in [-0.1, -0.05) is 26.0 Å². The van der Waals surface area contributed by atoms with E-state index in [1.54, 1.807) is 32.0 Å². The summed E-state index contributed by atoms with van der Waals surface area (Å²) in [6.45, 7) is 3.53. The molecule has 0 aliphatic heterocycles. The van der Waals surface area contributed by atoms with Crippen LogP contribution in [0.4, 0.5) is 5.69 Å². The summed E-state index contributed by atoms with van der Waals surface area (Å²) in [5, 5.41) is 12.3. The molecule has 6 nitrogen and oxygen atoms in total. The summed E-state index contributed by atoms with van der Waals surface area (Å²) in [6, 6.07) is 5.33. The largest absolute Gasteiger partial charge is 0.399 e. The molecule has 0 heterocycles. The van der Waals surface area contributed by atoms with E-state index in [-0.39, 0.29) is 5.92 Å². The second-order valence-electron chi connectivity index (χ2n) is 5.46. The normalized spacial score (nSPS) is 15.3. The van der Waals surface area contributed by atoms with E-state index >= 15 is 0 Å². The number of carbonyl (C=O) groups is 2. The lowest BCUT2D eigenvalue weighted by Crippen LogP contribution is -2.52. The molecule has 1 unspecified atom stereocenters. The number of aliphatic hydroxyl groups excluding tert-OH is 1. The number of amides is 1. The number of rotatable bonds is 7. The Hall–Kier alpha value is -1.92. The molecule has 0 saturated heterocycles. The number of nitrogens with one attached hydrogen (secondary N) is 1. The molecule has 6 heteroatoms. The molecule has 0 saturated carbocycles. The summed E-state index contributed by atoms with van der Waals surface area (Å²) in [7, 11) is 0. The molecule has 0 spiro atoms. The third-order valence-corrected chi connectivity index (χ3v) is 3.25. The van der Waals surface area contributed by atoms with Crippen molar-refractivity contribution in [2.45, 2.75) is 38.5 Å². The van der Waals surface area contributed by atoms with Crippen LogP contribution in [0.15, 0.2) is 24.3 Å². The van der Waals surface area contributed by atoms with Crippen molar-refractivity contribution < 1.29 is 14.7 Å². The van der Waals surface area contributed by atoms with Crippen LogP contribution in [0.5, 0.6) is 0 Å². The molecule has 0 fully saturated rings. The Morgan fingerprint density at radius 1 is 1.43 bits per heavy atom. The van der Waals surface area contributed by atoms with Crippen LogP contribution in [0, 0.1) is 5.92 Å². The van der Waals surface area contributed by atoms with Crippen molar-refractivity contribution in [1.29, 1.82) is 0 Å². The van der Waals surface area contributed by atoms with Crippen LogP contribution < -0.4 is 16.8 Å². The van der Waals surface area contributed by atoms with Crippen LogP contribution >= 0.6 is 0 Å². The van der Waals surface area contributed by atoms with Gasteiger partial charge in [-0.25, -0.2) is 0 Å². The fourth-order valence-corrected chi connectivity index (χ4v) is 1.95. The number of nitrogens with two attached hydrogens (primary N) is 2. The van der Waals surface area contributed by atoms with Crippen molar-refractivity contribution in [3.05, 3.63) is 29.8 Å². The number of benzene rings is 1. The zero-order valence-electron chi connectivity index (χ0n) is 12.3. The molecule has 0 aromatic heterocycles. The van der Waals surface area contributed by atoms with E-state index in [0.717, 1.165) is 5.56 Å². The molecule has 3 atom stereocenters. The van der Waals surface area contributed by atoms with E-state index in [1.165, 1.54) is 0 Å². The minimum Gasteiger partial charge on any atom is -0.399 e. The van der Waals surface area contributed by atoms with Crippen LogP contribution in [-0.2, 0) is 16.0 Å². The van der Waals surface area contributed by atoms with Gasteiger partial charge in [0.2, 0.25) is 5.91 Å². The number of anilines is 1. The first-order valence-corrected chi connectivity index (χ1v) is 6.89. The van der Waals surface area contributed by atoms with Crippen LogP contribution in [0.1, 0.15) is 19.4 Å². The molecule has 1 rings (SSSR count). The van der Waals surface area contributed by atoms with Gasteiger partial charge in [0.05, 0.1) is 12.1 Å². The molecule has 116 valence electrons. The minimum atomic E-state index is -0.954. The van der Waals surface area contributed by atoms with Crippen LogP contribution in [-0.4, -0.2) is 35.5 Å². The van der Waals surface area contributed by atoms with Gasteiger partial charge < -0.3 is 26.7 Å². The molecule has 6 N–H and O–H groups in total. The number of hydrogen-bond acceptors (Lipinski definition) is 5. The Morgan fingerprint density at radius 2 is 2.10 bits per heavy atom. The molecule has 0 aliphatic carbocycles. The standard InChI is InChI=1S/C15H23N3O3/c1-9(2)14(20)13(8-19)18-15(21)12(17)7-10-4-3-5-11(16)6-10/h3-6,8-9,12-14,20H,7,16-17H2,1-2H3,(H,18,21)/t12-,13+,14?/m0/s1. The zero-order valence-corrected chi connectivity index (χ0v) is 12.3. The van der Waals surface area contributed by atoms with Crippen molar-refractivity contribution >= 4 is 17.9 Å². The maximum atomic E-state index is 12.0. The van der Waals surface area contributed by atoms with Gasteiger partial charge in [-0.2, -0.15) is 0 Å². The summed E-state index contributed by atoms with van der Waals surface area (Å²) < 4.78 is 0. The monoisotopic (exact) mass is 293 g/mol. The predicted molar refractivity (Wildman–Crippen MR) is 81.4 cm³/mol. The molecule has 0 bridgehead atoms. The van der Waals surface area contributed by atoms with Crippen LogP contribution in [0.25, 0.3) is 0 Å². The van der Waals surface area contributed by atoms with Crippen LogP contribution in [0.2, 0.25) is 0 Å². The molecular weight excluding hydrogens is 270 g/mol. The Morgan fingerprint density at radius 3 is 2.62 bits per heavy atom. The number of aliphatic hydroxyl groups is 1. The van der Waals surface area contributed by atoms with Gasteiger partial charge in [0.1, 0.15) is 12.3 Å². The Bertz CT molecular complexity index is 491. The van der Waals surface area contributed by atoms with Gasteiger partial charge >= 0.3 is 0 Å². The van der Waals surface area contributed by atoms with E-state index in [2.05, 4.69) is 5.32 Å². The van der Waals surface area contributed by atoms with E-state index < -0.39 is 24.1 Å². The lowest BCUT2D eigenvalue weighted by Gasteiger charge is -2.23. The Balaban J connectivity index is 2.63. The maximum Gasteiger partial charge on any atom is 0.237 e. The van der Waals surface area contributed by atoms with Gasteiger partial charge in [-0.15, -0.1) is 0 Å². The van der Waals surface area contributed by atoms with Gasteiger partial charge in [0.25, 0.3) is 0 Å². The molecule has 1 amide bonds. The fraction of sp³-hybridized carbons (Fsp3) is 0.467. The topological polar surface area (TPSA) is 118 Å². The smallest absolute Gasteiger partial charge is 0.237 e. The lowest BCUT2D eigenvalue weighted by molar-refractivity contribution is -0.127. The minimum absolute atomic E-state index is 0.148. The van der Waals surface area contributed by atoms with Crippen molar-refractivity contribution in [1.82, 2.24) is 5.32 Å². The first-order chi connectivity index (χ1) is 9.85. The highest BCUT2D eigenvalue weighted by atomic mass is 16.3. The van der Waals surface area contributed by atoms with E-state index in [9.17, 15) is 14.7 Å². The molecule has 1 aromatic carbocycles. The van der Waals surface area contributed by atoms with Crippen molar-refractivity contribution in [2.24, 2.45) is 11.7 Å². The number of aldehydes is 1. The highest BCUT2D eigenvalue weighted by Gasteiger charge is 2.25. The van der Waals surface area contributed by atoms with Crippen molar-refractivity contribution in [3.8, 4) is 0 Å². The zero-order chi connectivity index (χ0) is 16.0. The second kappa shape index (κ2) is 7.75. The third kappa shape index (κ3) is 5.17. The molecular formula is C15H23N3O3. The number of carbonyl (C=O) groups excluding carboxylic acids is 2. The summed E-state index contributed by atoms with van der Waals surface area (Å²) in [5.41, 5.74) is 12.9. The summed E-state index contributed by atoms with van der Waals surface area (Å²) >= 11 is 0. The maximum absolute atomic E-state index is 12.0. The lowest BCUT2D eigenvalue weighted by atomic mass is 9.99. The molecule has 0 aliphatic rings. The summed E-state index contributed by atoms with van der Waals surface area (Å²) in [6.07, 6.45) is -0.109. The Kier molecular flexibility index (Phi) is 6.33. The first kappa shape index (κ1) is 17.1. The third-order valence-electron chi connectivity index (χ3n) is 3.25. The summed E-state index contributed by atoms with van der Waals surface area (Å²) in [5.74, 6) is -0.625. The molecule has 1 aromatic rings. The number of hydrogen-bond donors (Lipinski definition) is 4. The van der Waals surface area contributed by atoms with Gasteiger partial charge in [0.15, 0.2) is 0 Å². The highest BCUT2D eigenvalue weighted by molar-refractivity contribution is 5.84. The SMILES string of the molecule is CC(C)C(O)[C@@H](C=O)NC(=O)[C@@H](N)Cc1cccc(N)c1. The van der Waals surface area contributed by atoms with Gasteiger partial charge in [0, 0.05) is 5.69 Å². The summed E-state index contributed by atoms with van der Waals surface area (Å²) in [4.78, 5) is 23.0. The Labute approximate surface area is 124 Å². The molecule has 21 heavy (non-hydrogen) atoms. The quantitative estimate of drug-likeness (QED) is 0.411. The fourth-order valence-electron chi connectivity index (χ4n) is 1.95. The number of nitrogen functional groups attached to an aromatic ring is 1. The first-order valence-electron chi connectivity index (χ1n) is 6.89. The van der Waals surface area contributed by atoms with Gasteiger partial charge in [-0.05, 0) is 30.0 Å². The van der Waals surface area contributed by atoms with E-state index in [1.807, 2.05) is 6.07 Å². The predicted octanol–water partition coefficient (Wildman–Crippen LogP) is -0.161. The van der Waals surface area contributed by atoms with E-state index in [4.69, 9.17) is 11.5 Å². The highest BCUT2D eigenvalue weighted by Crippen LogP contribution is 2.09. The van der Waals surface area contributed by atoms with Crippen molar-refractivity contribution in [2.75, 3.05) is 5.73 Å². The molecule has 0 radical (unpaired) electrons. The van der Waals surface area contributed by atoms with Crippen LogP contribution in [0.3, 0.4) is 0 Å². The van der Waals surface area contributed by atoms with Gasteiger partial charge in [-0.3, -0.25) is 4.79 Å². The second-order valence-corrected chi connectivity index (χ2v) is 5.46. The average Bonchev–Trinajstić information content (AvgIpc) is 2.43. The van der Waals surface area contributed by atoms with Crippen molar-refractivity contribution in [3.63, 3.8) is 0 Å². The van der Waals surface area contributed by atoms with E-state index in [0.29, 0.717) is 18.4 Å². The average molecular weight is 293 g/mol.